The summed E-state index contributed by atoms with van der Waals surface area (Å²) in [4.78, 5) is 14.8. The van der Waals surface area contributed by atoms with E-state index in [1.807, 2.05) is 48.5 Å². The molecule has 1 saturated carbocycles. The summed E-state index contributed by atoms with van der Waals surface area (Å²) in [5.74, 6) is 0.489. The molecule has 2 aromatic carbocycles. The van der Waals surface area contributed by atoms with Gasteiger partial charge in [0.05, 0.1) is 23.6 Å². The van der Waals surface area contributed by atoms with Crippen LogP contribution in [0.3, 0.4) is 0 Å². The van der Waals surface area contributed by atoms with E-state index in [1.165, 1.54) is 0 Å². The number of hydrogen-bond donors (Lipinski definition) is 0. The summed E-state index contributed by atoms with van der Waals surface area (Å²) >= 11 is 0. The summed E-state index contributed by atoms with van der Waals surface area (Å²) in [5, 5.41) is 9.44. The van der Waals surface area contributed by atoms with Crippen molar-refractivity contribution in [3.8, 4) is 11.8 Å². The first-order chi connectivity index (χ1) is 10.8. The fourth-order valence-electron chi connectivity index (χ4n) is 4.16. The molecule has 2 aromatic rings. The molecule has 0 aromatic heterocycles. The molecule has 0 saturated heterocycles. The second kappa shape index (κ2) is 3.69. The molecule has 2 aliphatic heterocycles. The molecule has 4 nitrogen and oxygen atoms in total. The maximum Gasteiger partial charge on any atom is 0.261 e. The van der Waals surface area contributed by atoms with Gasteiger partial charge >= 0.3 is 0 Å². The normalized spacial score (nSPS) is 30.1. The minimum absolute atomic E-state index is 0.0341. The third kappa shape index (κ3) is 1.13. The summed E-state index contributed by atoms with van der Waals surface area (Å²) in [6.07, 6.45) is 0.558. The molecule has 5 rings (SSSR count). The van der Waals surface area contributed by atoms with Crippen molar-refractivity contribution in [2.75, 3.05) is 4.90 Å². The predicted molar refractivity (Wildman–Crippen MR) is 79.5 cm³/mol. The van der Waals surface area contributed by atoms with Gasteiger partial charge in [0.2, 0.25) is 0 Å². The first-order valence-corrected chi connectivity index (χ1v) is 7.37. The molecule has 4 heteroatoms. The first kappa shape index (κ1) is 11.8. The highest BCUT2D eigenvalue weighted by Crippen LogP contribution is 2.63. The van der Waals surface area contributed by atoms with Crippen LogP contribution in [0.1, 0.15) is 28.3 Å². The van der Waals surface area contributed by atoms with Crippen LogP contribution < -0.4 is 9.64 Å². The molecular weight excluding hydrogens is 276 g/mol. The Morgan fingerprint density at radius 3 is 2.82 bits per heavy atom. The number of hydrogen-bond acceptors (Lipinski definition) is 3. The number of anilines is 1. The van der Waals surface area contributed by atoms with E-state index in [0.29, 0.717) is 12.0 Å². The average Bonchev–Trinajstić information content (AvgIpc) is 2.88. The fraction of sp³-hybridized carbons (Fsp3) is 0.222. The summed E-state index contributed by atoms with van der Waals surface area (Å²) in [7, 11) is 0. The maximum atomic E-state index is 13.0. The lowest BCUT2D eigenvalue weighted by Gasteiger charge is -2.56. The molecule has 106 valence electrons. The van der Waals surface area contributed by atoms with E-state index in [4.69, 9.17) is 4.74 Å². The number of fused-ring (bicyclic) bond motifs is 4. The van der Waals surface area contributed by atoms with Crippen molar-refractivity contribution in [1.82, 2.24) is 0 Å². The molecule has 0 unspecified atom stereocenters. The Kier molecular flexibility index (Phi) is 1.98. The van der Waals surface area contributed by atoms with E-state index in [2.05, 4.69) is 6.07 Å². The van der Waals surface area contributed by atoms with Gasteiger partial charge in [0.15, 0.2) is 5.72 Å². The van der Waals surface area contributed by atoms with Crippen LogP contribution in [0.4, 0.5) is 5.69 Å². The van der Waals surface area contributed by atoms with Crippen LogP contribution in [-0.4, -0.2) is 11.6 Å². The van der Waals surface area contributed by atoms with Crippen LogP contribution in [0.5, 0.6) is 5.75 Å². The van der Waals surface area contributed by atoms with Crippen molar-refractivity contribution < 1.29 is 9.53 Å². The predicted octanol–water partition coefficient (Wildman–Crippen LogP) is 3.06. The van der Waals surface area contributed by atoms with E-state index in [-0.39, 0.29) is 17.7 Å². The van der Waals surface area contributed by atoms with Crippen LogP contribution in [-0.2, 0) is 0 Å². The van der Waals surface area contributed by atoms with E-state index in [1.54, 1.807) is 4.90 Å². The minimum Gasteiger partial charge on any atom is -0.465 e. The summed E-state index contributed by atoms with van der Waals surface area (Å²) in [6, 6.07) is 17.6. The zero-order valence-electron chi connectivity index (χ0n) is 11.7. The molecule has 0 N–H and O–H groups in total. The van der Waals surface area contributed by atoms with E-state index in [9.17, 15) is 10.1 Å². The smallest absolute Gasteiger partial charge is 0.261 e. The first-order valence-electron chi connectivity index (χ1n) is 7.37. The topological polar surface area (TPSA) is 53.3 Å². The van der Waals surface area contributed by atoms with Gasteiger partial charge in [0.1, 0.15) is 5.75 Å². The Bertz CT molecular complexity index is 869. The average molecular weight is 288 g/mol. The van der Waals surface area contributed by atoms with Gasteiger partial charge in [-0.3, -0.25) is 9.69 Å². The number of benzene rings is 2. The molecule has 3 atom stereocenters. The Balaban J connectivity index is 1.79. The van der Waals surface area contributed by atoms with Crippen molar-refractivity contribution >= 4 is 11.6 Å². The lowest BCUT2D eigenvalue weighted by atomic mass is 9.60. The molecule has 1 fully saturated rings. The third-order valence-electron chi connectivity index (χ3n) is 5.07. The van der Waals surface area contributed by atoms with Crippen molar-refractivity contribution in [2.24, 2.45) is 5.92 Å². The number of carbonyl (C=O) groups excluding carboxylic acids is 1. The Labute approximate surface area is 127 Å². The van der Waals surface area contributed by atoms with Crippen LogP contribution in [0, 0.1) is 17.2 Å². The van der Waals surface area contributed by atoms with Crippen LogP contribution in [0.25, 0.3) is 0 Å². The lowest BCUT2D eigenvalue weighted by molar-refractivity contribution is -0.0462. The zero-order valence-corrected chi connectivity index (χ0v) is 11.7. The van der Waals surface area contributed by atoms with Gasteiger partial charge in [0, 0.05) is 12.0 Å². The largest absolute Gasteiger partial charge is 0.465 e. The standard InChI is InChI=1S/C18H12N2O2/c19-10-11-9-18-16(11)12-5-1-2-6-13(12)17(21)20(18)14-7-3-4-8-15(14)22-18/h1-8,11,16H,9H2/t11-,16+,18-/m0/s1. The highest BCUT2D eigenvalue weighted by atomic mass is 16.5. The monoisotopic (exact) mass is 288 g/mol. The van der Waals surface area contributed by atoms with E-state index < -0.39 is 5.72 Å². The highest BCUT2D eigenvalue weighted by molar-refractivity contribution is 6.11. The van der Waals surface area contributed by atoms with Crippen LogP contribution >= 0.6 is 0 Å². The number of amides is 1. The molecule has 0 radical (unpaired) electrons. The SMILES string of the molecule is N#C[C@@H]1C[C@@]23Oc4ccccc4N2C(=O)c2ccccc2[C@@H]13. The minimum atomic E-state index is -0.713. The van der Waals surface area contributed by atoms with E-state index in [0.717, 1.165) is 17.0 Å². The molecular formula is C18H12N2O2. The van der Waals surface area contributed by atoms with Crippen molar-refractivity contribution in [3.05, 3.63) is 59.7 Å². The van der Waals surface area contributed by atoms with Gasteiger partial charge in [-0.2, -0.15) is 5.26 Å². The van der Waals surface area contributed by atoms with Crippen molar-refractivity contribution in [1.29, 1.82) is 5.26 Å². The second-order valence-electron chi connectivity index (χ2n) is 6.06. The summed E-state index contributed by atoms with van der Waals surface area (Å²) in [5.41, 5.74) is 1.72. The van der Waals surface area contributed by atoms with E-state index >= 15 is 0 Å². The molecule has 3 aliphatic rings. The Hall–Kier alpha value is -2.80. The number of carbonyl (C=O) groups is 1. The quantitative estimate of drug-likeness (QED) is 0.748. The van der Waals surface area contributed by atoms with Gasteiger partial charge in [-0.25, -0.2) is 0 Å². The van der Waals surface area contributed by atoms with Crippen molar-refractivity contribution in [3.63, 3.8) is 0 Å². The van der Waals surface area contributed by atoms with Crippen LogP contribution in [0.2, 0.25) is 0 Å². The fourth-order valence-corrected chi connectivity index (χ4v) is 4.16. The summed E-state index contributed by atoms with van der Waals surface area (Å²) < 4.78 is 6.21. The van der Waals surface area contributed by atoms with Gasteiger partial charge in [-0.15, -0.1) is 0 Å². The highest BCUT2D eigenvalue weighted by Gasteiger charge is 2.68. The van der Waals surface area contributed by atoms with Crippen LogP contribution in [0.15, 0.2) is 48.5 Å². The lowest BCUT2D eigenvalue weighted by Crippen LogP contribution is -2.68. The molecule has 22 heavy (non-hydrogen) atoms. The third-order valence-corrected chi connectivity index (χ3v) is 5.07. The molecule has 0 bridgehead atoms. The number of para-hydroxylation sites is 2. The number of nitrogens with zero attached hydrogens (tertiary/aromatic N) is 2. The van der Waals surface area contributed by atoms with Gasteiger partial charge < -0.3 is 4.74 Å². The second-order valence-corrected chi connectivity index (χ2v) is 6.06. The number of rotatable bonds is 0. The Morgan fingerprint density at radius 2 is 1.95 bits per heavy atom. The van der Waals surface area contributed by atoms with Gasteiger partial charge in [-0.05, 0) is 23.8 Å². The molecule has 1 amide bonds. The summed E-state index contributed by atoms with van der Waals surface area (Å²) in [6.45, 7) is 0. The molecule has 2 heterocycles. The number of nitriles is 1. The molecule has 1 spiro atoms. The van der Waals surface area contributed by atoms with Gasteiger partial charge in [0.25, 0.3) is 5.91 Å². The maximum absolute atomic E-state index is 13.0. The van der Waals surface area contributed by atoms with Gasteiger partial charge in [-0.1, -0.05) is 30.3 Å². The number of ether oxygens (including phenoxy) is 1. The Morgan fingerprint density at radius 1 is 1.18 bits per heavy atom. The molecule has 1 aliphatic carbocycles. The van der Waals surface area contributed by atoms with Crippen molar-refractivity contribution in [2.45, 2.75) is 18.1 Å². The zero-order chi connectivity index (χ0) is 14.9.